The molecule has 1 atom stereocenters. The maximum Gasteiger partial charge on any atom is 0.263 e. The van der Waals surface area contributed by atoms with Crippen molar-refractivity contribution in [1.82, 2.24) is 9.80 Å². The van der Waals surface area contributed by atoms with Crippen LogP contribution in [-0.2, 0) is 4.79 Å². The Morgan fingerprint density at radius 2 is 1.54 bits per heavy atom. The fraction of sp³-hybridized carbons (Fsp3) is 0.391. The molecule has 0 saturated carbocycles. The van der Waals surface area contributed by atoms with Crippen LogP contribution in [0.4, 0.5) is 0 Å². The third-order valence-electron chi connectivity index (χ3n) is 5.01. The summed E-state index contributed by atoms with van der Waals surface area (Å²) < 4.78 is 5.84. The molecular weight excluding hydrogens is 352 g/mol. The summed E-state index contributed by atoms with van der Waals surface area (Å²) in [6.45, 7) is 8.11. The molecule has 1 fully saturated rings. The molecule has 0 aromatic heterocycles. The number of ether oxygens (including phenoxy) is 1. The third kappa shape index (κ3) is 4.91. The van der Waals surface area contributed by atoms with Crippen molar-refractivity contribution in [3.63, 3.8) is 0 Å². The lowest BCUT2D eigenvalue weighted by molar-refractivity contribution is -0.137. The second kappa shape index (κ2) is 8.91. The van der Waals surface area contributed by atoms with Crippen LogP contribution in [0.2, 0.25) is 0 Å². The number of rotatable bonds is 4. The molecular formula is C23H28N2O3. The number of nitrogens with zero attached hydrogens (tertiary/aromatic N) is 2. The molecule has 1 saturated heterocycles. The SMILES string of the molecule is Cc1cccc(OC(C)C(=O)N2CCCN(C(=O)c3cccc(C)c3)CC2)c1. The predicted molar refractivity (Wildman–Crippen MR) is 110 cm³/mol. The van der Waals surface area contributed by atoms with Crippen LogP contribution in [0, 0.1) is 13.8 Å². The topological polar surface area (TPSA) is 49.9 Å². The second-order valence-corrected chi connectivity index (χ2v) is 7.42. The lowest BCUT2D eigenvalue weighted by Crippen LogP contribution is -2.43. The molecule has 1 heterocycles. The molecule has 1 aliphatic rings. The molecule has 5 nitrogen and oxygen atoms in total. The molecule has 0 spiro atoms. The number of carbonyl (C=O) groups is 2. The van der Waals surface area contributed by atoms with Gasteiger partial charge in [-0.05, 0) is 57.0 Å². The summed E-state index contributed by atoms with van der Waals surface area (Å²) in [5.74, 6) is 0.695. The number of aryl methyl sites for hydroxylation is 2. The fourth-order valence-electron chi connectivity index (χ4n) is 3.50. The predicted octanol–water partition coefficient (Wildman–Crippen LogP) is 3.45. The lowest BCUT2D eigenvalue weighted by atomic mass is 10.1. The molecule has 0 N–H and O–H groups in total. The van der Waals surface area contributed by atoms with Crippen LogP contribution < -0.4 is 4.74 Å². The molecule has 2 aromatic carbocycles. The van der Waals surface area contributed by atoms with Crippen molar-refractivity contribution in [2.24, 2.45) is 0 Å². The van der Waals surface area contributed by atoms with E-state index in [0.29, 0.717) is 37.5 Å². The Labute approximate surface area is 166 Å². The van der Waals surface area contributed by atoms with Gasteiger partial charge in [0.05, 0.1) is 0 Å². The van der Waals surface area contributed by atoms with Crippen molar-refractivity contribution >= 4 is 11.8 Å². The maximum atomic E-state index is 12.8. The first kappa shape index (κ1) is 19.9. The van der Waals surface area contributed by atoms with Gasteiger partial charge >= 0.3 is 0 Å². The van der Waals surface area contributed by atoms with Crippen LogP contribution in [0.3, 0.4) is 0 Å². The minimum absolute atomic E-state index is 0.0297. The van der Waals surface area contributed by atoms with E-state index in [4.69, 9.17) is 4.74 Å². The molecule has 0 radical (unpaired) electrons. The van der Waals surface area contributed by atoms with Gasteiger partial charge in [0.2, 0.25) is 0 Å². The molecule has 2 amide bonds. The largest absolute Gasteiger partial charge is 0.481 e. The second-order valence-electron chi connectivity index (χ2n) is 7.42. The number of carbonyl (C=O) groups excluding carboxylic acids is 2. The van der Waals surface area contributed by atoms with Gasteiger partial charge in [0.1, 0.15) is 5.75 Å². The highest BCUT2D eigenvalue weighted by molar-refractivity contribution is 5.94. The first-order chi connectivity index (χ1) is 13.4. The van der Waals surface area contributed by atoms with E-state index in [1.807, 2.05) is 72.2 Å². The summed E-state index contributed by atoms with van der Waals surface area (Å²) in [5, 5.41) is 0. The lowest BCUT2D eigenvalue weighted by Gasteiger charge is -2.25. The number of amides is 2. The number of benzene rings is 2. The Morgan fingerprint density at radius 3 is 2.25 bits per heavy atom. The summed E-state index contributed by atoms with van der Waals surface area (Å²) in [5.41, 5.74) is 2.87. The van der Waals surface area contributed by atoms with Crippen LogP contribution >= 0.6 is 0 Å². The van der Waals surface area contributed by atoms with E-state index < -0.39 is 6.10 Å². The number of hydrogen-bond donors (Lipinski definition) is 0. The quantitative estimate of drug-likeness (QED) is 0.816. The van der Waals surface area contributed by atoms with E-state index in [2.05, 4.69) is 0 Å². The number of hydrogen-bond acceptors (Lipinski definition) is 3. The van der Waals surface area contributed by atoms with Gasteiger partial charge in [0, 0.05) is 31.7 Å². The van der Waals surface area contributed by atoms with E-state index in [-0.39, 0.29) is 11.8 Å². The van der Waals surface area contributed by atoms with Crippen LogP contribution in [-0.4, -0.2) is 53.9 Å². The van der Waals surface area contributed by atoms with Gasteiger partial charge in [-0.15, -0.1) is 0 Å². The molecule has 148 valence electrons. The van der Waals surface area contributed by atoms with Crippen molar-refractivity contribution in [3.8, 4) is 5.75 Å². The Hall–Kier alpha value is -2.82. The van der Waals surface area contributed by atoms with Gasteiger partial charge < -0.3 is 14.5 Å². The minimum atomic E-state index is -0.555. The molecule has 3 rings (SSSR count). The summed E-state index contributed by atoms with van der Waals surface area (Å²) >= 11 is 0. The summed E-state index contributed by atoms with van der Waals surface area (Å²) in [6, 6.07) is 15.3. The minimum Gasteiger partial charge on any atom is -0.481 e. The monoisotopic (exact) mass is 380 g/mol. The van der Waals surface area contributed by atoms with Crippen LogP contribution in [0.1, 0.15) is 34.8 Å². The highest BCUT2D eigenvalue weighted by Gasteiger charge is 2.26. The zero-order valence-corrected chi connectivity index (χ0v) is 16.9. The Kier molecular flexibility index (Phi) is 6.34. The molecule has 28 heavy (non-hydrogen) atoms. The van der Waals surface area contributed by atoms with Crippen LogP contribution in [0.15, 0.2) is 48.5 Å². The van der Waals surface area contributed by atoms with Crippen molar-refractivity contribution < 1.29 is 14.3 Å². The van der Waals surface area contributed by atoms with Crippen molar-refractivity contribution in [2.45, 2.75) is 33.3 Å². The maximum absolute atomic E-state index is 12.8. The summed E-state index contributed by atoms with van der Waals surface area (Å²) in [7, 11) is 0. The van der Waals surface area contributed by atoms with Crippen molar-refractivity contribution in [1.29, 1.82) is 0 Å². The molecule has 1 unspecified atom stereocenters. The molecule has 0 bridgehead atoms. The van der Waals surface area contributed by atoms with E-state index in [0.717, 1.165) is 17.5 Å². The zero-order valence-electron chi connectivity index (χ0n) is 16.9. The zero-order chi connectivity index (χ0) is 20.1. The van der Waals surface area contributed by atoms with E-state index in [9.17, 15) is 9.59 Å². The summed E-state index contributed by atoms with van der Waals surface area (Å²) in [6.07, 6.45) is 0.210. The van der Waals surface area contributed by atoms with E-state index in [1.54, 1.807) is 6.92 Å². The average Bonchev–Trinajstić information content (AvgIpc) is 2.93. The van der Waals surface area contributed by atoms with Gasteiger partial charge in [-0.2, -0.15) is 0 Å². The Morgan fingerprint density at radius 1 is 0.893 bits per heavy atom. The van der Waals surface area contributed by atoms with E-state index >= 15 is 0 Å². The molecule has 5 heteroatoms. The first-order valence-electron chi connectivity index (χ1n) is 9.82. The molecule has 1 aliphatic heterocycles. The van der Waals surface area contributed by atoms with Gasteiger partial charge in [-0.3, -0.25) is 9.59 Å². The van der Waals surface area contributed by atoms with E-state index in [1.165, 1.54) is 0 Å². The average molecular weight is 380 g/mol. The third-order valence-corrected chi connectivity index (χ3v) is 5.01. The van der Waals surface area contributed by atoms with Crippen molar-refractivity contribution in [2.75, 3.05) is 26.2 Å². The normalized spacial score (nSPS) is 15.7. The van der Waals surface area contributed by atoms with Gasteiger partial charge in [-0.1, -0.05) is 29.8 Å². The Bertz CT molecular complexity index is 849. The highest BCUT2D eigenvalue weighted by atomic mass is 16.5. The fourth-order valence-corrected chi connectivity index (χ4v) is 3.50. The van der Waals surface area contributed by atoms with Crippen LogP contribution in [0.5, 0.6) is 5.75 Å². The Balaban J connectivity index is 1.59. The summed E-state index contributed by atoms with van der Waals surface area (Å²) in [4.78, 5) is 29.3. The standard InChI is InChI=1S/C23H28N2O3/c1-17-7-4-9-20(15-17)23(27)25-12-6-11-24(13-14-25)22(26)19(3)28-21-10-5-8-18(2)16-21/h4-5,7-10,15-16,19H,6,11-14H2,1-3H3. The molecule has 2 aromatic rings. The van der Waals surface area contributed by atoms with Crippen molar-refractivity contribution in [3.05, 3.63) is 65.2 Å². The molecule has 0 aliphatic carbocycles. The highest BCUT2D eigenvalue weighted by Crippen LogP contribution is 2.16. The van der Waals surface area contributed by atoms with Crippen LogP contribution in [0.25, 0.3) is 0 Å². The van der Waals surface area contributed by atoms with Gasteiger partial charge in [0.25, 0.3) is 11.8 Å². The smallest absolute Gasteiger partial charge is 0.263 e. The van der Waals surface area contributed by atoms with Gasteiger partial charge in [0.15, 0.2) is 6.10 Å². The van der Waals surface area contributed by atoms with Gasteiger partial charge in [-0.25, -0.2) is 0 Å². The first-order valence-corrected chi connectivity index (χ1v) is 9.82.